The summed E-state index contributed by atoms with van der Waals surface area (Å²) in [6, 6.07) is -0.162. The first kappa shape index (κ1) is 14.0. The number of amides is 1. The van der Waals surface area contributed by atoms with E-state index >= 15 is 0 Å². The van der Waals surface area contributed by atoms with E-state index in [0.717, 1.165) is 44.7 Å². The predicted octanol–water partition coefficient (Wildman–Crippen LogP) is 0.789. The summed E-state index contributed by atoms with van der Waals surface area (Å²) in [6.45, 7) is 7.28. The highest BCUT2D eigenvalue weighted by molar-refractivity contribution is 5.81. The summed E-state index contributed by atoms with van der Waals surface area (Å²) in [4.78, 5) is 18.3. The van der Waals surface area contributed by atoms with Gasteiger partial charge in [-0.25, -0.2) is 9.67 Å². The fourth-order valence-corrected chi connectivity index (χ4v) is 2.37. The first-order valence-corrected chi connectivity index (χ1v) is 7.11. The third kappa shape index (κ3) is 3.53. The molecule has 6 heteroatoms. The minimum Gasteiger partial charge on any atom is -0.341 e. The van der Waals surface area contributed by atoms with Crippen molar-refractivity contribution in [1.29, 1.82) is 0 Å². The molecule has 19 heavy (non-hydrogen) atoms. The number of carbonyl (C=O) groups is 1. The number of hydrogen-bond acceptors (Lipinski definition) is 4. The van der Waals surface area contributed by atoms with Gasteiger partial charge in [-0.05, 0) is 26.2 Å². The first-order valence-electron chi connectivity index (χ1n) is 7.11. The zero-order valence-corrected chi connectivity index (χ0v) is 11.8. The van der Waals surface area contributed by atoms with Gasteiger partial charge in [0.2, 0.25) is 5.91 Å². The number of nitrogens with one attached hydrogen (secondary N) is 1. The van der Waals surface area contributed by atoms with Gasteiger partial charge in [0, 0.05) is 19.6 Å². The molecular weight excluding hydrogens is 242 g/mol. The summed E-state index contributed by atoms with van der Waals surface area (Å²) in [5.74, 6) is 1.09. The highest BCUT2D eigenvalue weighted by atomic mass is 16.2. The van der Waals surface area contributed by atoms with Crippen LogP contribution in [0.15, 0.2) is 6.33 Å². The molecule has 1 aliphatic rings. The Hall–Kier alpha value is -1.43. The number of rotatable bonds is 6. The zero-order valence-electron chi connectivity index (χ0n) is 11.8. The summed E-state index contributed by atoms with van der Waals surface area (Å²) >= 11 is 0. The number of aromatic nitrogens is 3. The van der Waals surface area contributed by atoms with E-state index in [-0.39, 0.29) is 11.9 Å². The third-order valence-electron chi connectivity index (χ3n) is 3.49. The van der Waals surface area contributed by atoms with Crippen LogP contribution < -0.4 is 5.32 Å². The Morgan fingerprint density at radius 3 is 2.89 bits per heavy atom. The van der Waals surface area contributed by atoms with Gasteiger partial charge >= 0.3 is 0 Å². The van der Waals surface area contributed by atoms with Crippen LogP contribution in [-0.2, 0) is 17.9 Å². The van der Waals surface area contributed by atoms with Gasteiger partial charge in [-0.15, -0.1) is 0 Å². The molecule has 0 saturated carbocycles. The molecule has 0 radical (unpaired) electrons. The van der Waals surface area contributed by atoms with Crippen LogP contribution in [0.25, 0.3) is 0 Å². The smallest absolute Gasteiger partial charge is 0.239 e. The lowest BCUT2D eigenvalue weighted by molar-refractivity contribution is -0.132. The molecule has 1 saturated heterocycles. The lowest BCUT2D eigenvalue weighted by atomic mass is 10.3. The van der Waals surface area contributed by atoms with E-state index in [2.05, 4.69) is 22.3 Å². The monoisotopic (exact) mass is 265 g/mol. The van der Waals surface area contributed by atoms with E-state index in [9.17, 15) is 4.79 Å². The molecule has 1 aromatic heterocycles. The Morgan fingerprint density at radius 2 is 2.21 bits per heavy atom. The fraction of sp³-hybridized carbons (Fsp3) is 0.769. The topological polar surface area (TPSA) is 63.1 Å². The average molecular weight is 265 g/mol. The first-order chi connectivity index (χ1) is 9.22. The van der Waals surface area contributed by atoms with E-state index in [1.807, 2.05) is 16.5 Å². The molecule has 1 unspecified atom stereocenters. The van der Waals surface area contributed by atoms with Crippen LogP contribution in [0.4, 0.5) is 0 Å². The summed E-state index contributed by atoms with van der Waals surface area (Å²) in [5, 5.41) is 7.42. The number of nitrogens with zero attached hydrogens (tertiary/aromatic N) is 4. The Bertz CT molecular complexity index is 411. The second kappa shape index (κ2) is 6.65. The third-order valence-corrected chi connectivity index (χ3v) is 3.49. The minimum absolute atomic E-state index is 0.162. The molecule has 0 aliphatic carbocycles. The van der Waals surface area contributed by atoms with Crippen LogP contribution >= 0.6 is 0 Å². The molecule has 1 atom stereocenters. The normalized spacial score (nSPS) is 16.8. The number of carbonyl (C=O) groups excluding carboxylic acids is 1. The summed E-state index contributed by atoms with van der Waals surface area (Å²) in [5.41, 5.74) is 0. The van der Waals surface area contributed by atoms with Gasteiger partial charge in [0.1, 0.15) is 12.2 Å². The van der Waals surface area contributed by atoms with E-state index in [1.54, 1.807) is 6.33 Å². The van der Waals surface area contributed by atoms with Gasteiger partial charge in [0.05, 0.1) is 12.6 Å². The Balaban J connectivity index is 1.83. The van der Waals surface area contributed by atoms with Crippen molar-refractivity contribution in [2.75, 3.05) is 13.1 Å². The van der Waals surface area contributed by atoms with Crippen LogP contribution in [0, 0.1) is 0 Å². The molecule has 0 spiro atoms. The lowest BCUT2D eigenvalue weighted by Gasteiger charge is -2.21. The molecule has 1 amide bonds. The van der Waals surface area contributed by atoms with Gasteiger partial charge in [-0.2, -0.15) is 5.10 Å². The van der Waals surface area contributed by atoms with E-state index in [0.29, 0.717) is 6.54 Å². The van der Waals surface area contributed by atoms with Gasteiger partial charge in [-0.1, -0.05) is 6.92 Å². The Labute approximate surface area is 114 Å². The molecule has 1 aliphatic heterocycles. The maximum Gasteiger partial charge on any atom is 0.239 e. The van der Waals surface area contributed by atoms with Crippen LogP contribution in [0.3, 0.4) is 0 Å². The highest BCUT2D eigenvalue weighted by Crippen LogP contribution is 2.09. The molecule has 2 heterocycles. The van der Waals surface area contributed by atoms with Crippen molar-refractivity contribution < 1.29 is 4.79 Å². The molecule has 0 aromatic carbocycles. The van der Waals surface area contributed by atoms with Crippen molar-refractivity contribution in [3.63, 3.8) is 0 Å². The van der Waals surface area contributed by atoms with Crippen LogP contribution in [0.5, 0.6) is 0 Å². The molecule has 1 fully saturated rings. The minimum atomic E-state index is -0.162. The van der Waals surface area contributed by atoms with Crippen molar-refractivity contribution in [2.24, 2.45) is 0 Å². The zero-order chi connectivity index (χ0) is 13.7. The molecule has 1 N–H and O–H groups in total. The van der Waals surface area contributed by atoms with Crippen molar-refractivity contribution in [3.05, 3.63) is 12.2 Å². The highest BCUT2D eigenvalue weighted by Gasteiger charge is 2.23. The second-order valence-electron chi connectivity index (χ2n) is 5.03. The van der Waals surface area contributed by atoms with Gasteiger partial charge in [0.15, 0.2) is 0 Å². The summed E-state index contributed by atoms with van der Waals surface area (Å²) in [7, 11) is 0. The number of likely N-dealkylation sites (tertiary alicyclic amines) is 1. The fourth-order valence-electron chi connectivity index (χ4n) is 2.37. The standard InChI is InChI=1S/C13H23N5O/c1-3-6-18-12(15-10-16-18)9-14-11(2)13(19)17-7-4-5-8-17/h10-11,14H,3-9H2,1-2H3. The quantitative estimate of drug-likeness (QED) is 0.826. The lowest BCUT2D eigenvalue weighted by Crippen LogP contribution is -2.43. The maximum atomic E-state index is 12.1. The van der Waals surface area contributed by atoms with Crippen LogP contribution in [0.1, 0.15) is 38.9 Å². The molecule has 6 nitrogen and oxygen atoms in total. The predicted molar refractivity (Wildman–Crippen MR) is 72.4 cm³/mol. The van der Waals surface area contributed by atoms with Gasteiger partial charge < -0.3 is 4.90 Å². The average Bonchev–Trinajstić information content (AvgIpc) is 3.07. The van der Waals surface area contributed by atoms with Crippen LogP contribution in [-0.4, -0.2) is 44.7 Å². The summed E-state index contributed by atoms with van der Waals surface area (Å²) < 4.78 is 1.89. The SMILES string of the molecule is CCCn1ncnc1CNC(C)C(=O)N1CCCC1. The molecule has 106 valence electrons. The van der Waals surface area contributed by atoms with Crippen molar-refractivity contribution in [2.45, 2.75) is 52.2 Å². The van der Waals surface area contributed by atoms with Crippen LogP contribution in [0.2, 0.25) is 0 Å². The van der Waals surface area contributed by atoms with E-state index in [1.165, 1.54) is 0 Å². The van der Waals surface area contributed by atoms with E-state index < -0.39 is 0 Å². The number of aryl methyl sites for hydroxylation is 1. The molecular formula is C13H23N5O. The Kier molecular flexibility index (Phi) is 4.90. The van der Waals surface area contributed by atoms with Crippen molar-refractivity contribution in [3.8, 4) is 0 Å². The molecule has 0 bridgehead atoms. The number of hydrogen-bond donors (Lipinski definition) is 1. The molecule has 1 aromatic rings. The summed E-state index contributed by atoms with van der Waals surface area (Å²) in [6.07, 6.45) is 4.85. The van der Waals surface area contributed by atoms with Crippen molar-refractivity contribution >= 4 is 5.91 Å². The maximum absolute atomic E-state index is 12.1. The van der Waals surface area contributed by atoms with Crippen molar-refractivity contribution in [1.82, 2.24) is 25.0 Å². The van der Waals surface area contributed by atoms with Gasteiger partial charge in [-0.3, -0.25) is 10.1 Å². The Morgan fingerprint density at radius 1 is 1.47 bits per heavy atom. The van der Waals surface area contributed by atoms with E-state index in [4.69, 9.17) is 0 Å². The van der Waals surface area contributed by atoms with Gasteiger partial charge in [0.25, 0.3) is 0 Å². The molecule has 2 rings (SSSR count). The second-order valence-corrected chi connectivity index (χ2v) is 5.03. The largest absolute Gasteiger partial charge is 0.341 e.